The average Bonchev–Trinajstić information content (AvgIpc) is 2.63. The minimum absolute atomic E-state index is 0.387. The van der Waals surface area contributed by atoms with Gasteiger partial charge in [-0.15, -0.1) is 11.3 Å². The monoisotopic (exact) mass is 240 g/mol. The molecule has 16 heavy (non-hydrogen) atoms. The summed E-state index contributed by atoms with van der Waals surface area (Å²) < 4.78 is 0. The fourth-order valence-corrected chi connectivity index (χ4v) is 2.82. The number of likely N-dealkylation sites (N-methyl/N-ethyl adjacent to an activating group) is 1. The lowest BCUT2D eigenvalue weighted by Gasteiger charge is -2.26. The molecule has 0 saturated heterocycles. The smallest absolute Gasteiger partial charge is 0.0561 e. The minimum Gasteiger partial charge on any atom is -0.329 e. The number of hydrogen-bond acceptors (Lipinski definition) is 3. The third kappa shape index (κ3) is 3.89. The van der Waals surface area contributed by atoms with Crippen LogP contribution in [0.4, 0.5) is 0 Å². The molecule has 1 unspecified atom stereocenters. The lowest BCUT2D eigenvalue weighted by atomic mass is 10.1. The first-order valence-corrected chi connectivity index (χ1v) is 6.83. The van der Waals surface area contributed by atoms with Gasteiger partial charge in [-0.2, -0.15) is 0 Å². The fourth-order valence-electron chi connectivity index (χ4n) is 1.76. The van der Waals surface area contributed by atoms with E-state index in [-0.39, 0.29) is 0 Å². The van der Waals surface area contributed by atoms with Crippen LogP contribution in [0.2, 0.25) is 0 Å². The highest BCUT2D eigenvalue weighted by atomic mass is 32.1. The van der Waals surface area contributed by atoms with Crippen LogP contribution < -0.4 is 5.73 Å². The Morgan fingerprint density at radius 2 is 2.06 bits per heavy atom. The molecule has 0 radical (unpaired) electrons. The number of thiophene rings is 1. The molecular formula is C13H24N2S. The molecular weight excluding hydrogens is 216 g/mol. The van der Waals surface area contributed by atoms with Crippen molar-refractivity contribution >= 4 is 11.3 Å². The molecule has 0 aliphatic heterocycles. The quantitative estimate of drug-likeness (QED) is 0.828. The van der Waals surface area contributed by atoms with E-state index in [2.05, 4.69) is 44.9 Å². The van der Waals surface area contributed by atoms with Gasteiger partial charge in [0.2, 0.25) is 0 Å². The molecule has 0 saturated carbocycles. The van der Waals surface area contributed by atoms with E-state index in [1.54, 1.807) is 0 Å². The molecule has 0 amide bonds. The van der Waals surface area contributed by atoms with Crippen molar-refractivity contribution in [1.82, 2.24) is 4.90 Å². The Labute approximate surface area is 103 Å². The van der Waals surface area contributed by atoms with Crippen LogP contribution in [-0.2, 0) is 0 Å². The predicted octanol–water partition coefficient (Wildman–Crippen LogP) is 3.03. The van der Waals surface area contributed by atoms with Gasteiger partial charge in [-0.05, 0) is 45.0 Å². The van der Waals surface area contributed by atoms with Crippen LogP contribution in [0, 0.1) is 12.8 Å². The van der Waals surface area contributed by atoms with Gasteiger partial charge in [-0.25, -0.2) is 0 Å². The topological polar surface area (TPSA) is 29.3 Å². The highest BCUT2D eigenvalue weighted by molar-refractivity contribution is 7.12. The predicted molar refractivity (Wildman–Crippen MR) is 72.9 cm³/mol. The first-order chi connectivity index (χ1) is 7.54. The van der Waals surface area contributed by atoms with Gasteiger partial charge in [-0.1, -0.05) is 13.8 Å². The Balaban J connectivity index is 2.59. The van der Waals surface area contributed by atoms with Gasteiger partial charge in [0.25, 0.3) is 0 Å². The second-order valence-electron chi connectivity index (χ2n) is 4.86. The van der Waals surface area contributed by atoms with Crippen molar-refractivity contribution in [1.29, 1.82) is 0 Å². The Hall–Kier alpha value is -0.380. The van der Waals surface area contributed by atoms with E-state index in [4.69, 9.17) is 5.73 Å². The van der Waals surface area contributed by atoms with Crippen molar-refractivity contribution in [3.63, 3.8) is 0 Å². The molecule has 1 heterocycles. The van der Waals surface area contributed by atoms with Gasteiger partial charge in [-0.3, -0.25) is 4.90 Å². The maximum atomic E-state index is 5.89. The van der Waals surface area contributed by atoms with E-state index in [1.165, 1.54) is 16.2 Å². The molecule has 0 spiro atoms. The van der Waals surface area contributed by atoms with Crippen LogP contribution in [0.5, 0.6) is 0 Å². The van der Waals surface area contributed by atoms with Gasteiger partial charge in [0.05, 0.1) is 6.04 Å². The molecule has 0 aromatic carbocycles. The molecule has 1 aromatic rings. The summed E-state index contributed by atoms with van der Waals surface area (Å²) in [5.41, 5.74) is 5.89. The summed E-state index contributed by atoms with van der Waals surface area (Å²) in [6, 6.07) is 4.78. The standard InChI is InChI=1S/C13H24N2S/c1-10(2)7-8-15(4)12(9-14)13-6-5-11(3)16-13/h5-6,10,12H,7-9,14H2,1-4H3. The first kappa shape index (κ1) is 13.7. The van der Waals surface area contributed by atoms with Crippen molar-refractivity contribution < 1.29 is 0 Å². The van der Waals surface area contributed by atoms with Crippen LogP contribution in [0.25, 0.3) is 0 Å². The third-order valence-corrected chi connectivity index (χ3v) is 4.01. The molecule has 0 aliphatic rings. The molecule has 0 fully saturated rings. The lowest BCUT2D eigenvalue weighted by molar-refractivity contribution is 0.239. The zero-order valence-corrected chi connectivity index (χ0v) is 11.7. The molecule has 3 heteroatoms. The summed E-state index contributed by atoms with van der Waals surface area (Å²) in [4.78, 5) is 5.14. The van der Waals surface area contributed by atoms with Crippen LogP contribution in [0.1, 0.15) is 36.1 Å². The van der Waals surface area contributed by atoms with Crippen LogP contribution in [0.15, 0.2) is 12.1 Å². The van der Waals surface area contributed by atoms with E-state index in [9.17, 15) is 0 Å². The van der Waals surface area contributed by atoms with E-state index in [1.807, 2.05) is 11.3 Å². The van der Waals surface area contributed by atoms with Gasteiger partial charge in [0.1, 0.15) is 0 Å². The fraction of sp³-hybridized carbons (Fsp3) is 0.692. The number of aryl methyl sites for hydroxylation is 1. The first-order valence-electron chi connectivity index (χ1n) is 6.01. The van der Waals surface area contributed by atoms with Crippen molar-refractivity contribution in [2.45, 2.75) is 33.2 Å². The van der Waals surface area contributed by atoms with Crippen molar-refractivity contribution in [3.8, 4) is 0 Å². The van der Waals surface area contributed by atoms with Crippen molar-refractivity contribution in [2.24, 2.45) is 11.7 Å². The van der Waals surface area contributed by atoms with Gasteiger partial charge >= 0.3 is 0 Å². The molecule has 2 nitrogen and oxygen atoms in total. The molecule has 0 bridgehead atoms. The van der Waals surface area contributed by atoms with Crippen LogP contribution in [-0.4, -0.2) is 25.0 Å². The summed E-state index contributed by atoms with van der Waals surface area (Å²) in [6.45, 7) is 8.50. The Morgan fingerprint density at radius 1 is 1.38 bits per heavy atom. The second-order valence-corrected chi connectivity index (χ2v) is 6.18. The second kappa shape index (κ2) is 6.38. The van der Waals surface area contributed by atoms with Gasteiger partial charge in [0.15, 0.2) is 0 Å². The summed E-state index contributed by atoms with van der Waals surface area (Å²) in [7, 11) is 2.18. The minimum atomic E-state index is 0.387. The summed E-state index contributed by atoms with van der Waals surface area (Å²) in [6.07, 6.45) is 1.23. The van der Waals surface area contributed by atoms with Gasteiger partial charge in [0, 0.05) is 16.3 Å². The summed E-state index contributed by atoms with van der Waals surface area (Å²) >= 11 is 1.86. The lowest BCUT2D eigenvalue weighted by Crippen LogP contribution is -2.31. The van der Waals surface area contributed by atoms with Crippen LogP contribution in [0.3, 0.4) is 0 Å². The maximum absolute atomic E-state index is 5.89. The highest BCUT2D eigenvalue weighted by Gasteiger charge is 2.16. The number of nitrogens with zero attached hydrogens (tertiary/aromatic N) is 1. The molecule has 1 aromatic heterocycles. The molecule has 2 N–H and O–H groups in total. The number of nitrogens with two attached hydrogens (primary N) is 1. The number of hydrogen-bond donors (Lipinski definition) is 1. The average molecular weight is 240 g/mol. The maximum Gasteiger partial charge on any atom is 0.0561 e. The zero-order valence-electron chi connectivity index (χ0n) is 10.9. The molecule has 0 aliphatic carbocycles. The zero-order chi connectivity index (χ0) is 12.1. The molecule has 92 valence electrons. The van der Waals surface area contributed by atoms with Crippen molar-refractivity contribution in [2.75, 3.05) is 20.1 Å². The van der Waals surface area contributed by atoms with E-state index < -0.39 is 0 Å². The van der Waals surface area contributed by atoms with E-state index in [0.717, 1.165) is 12.5 Å². The summed E-state index contributed by atoms with van der Waals surface area (Å²) in [5, 5.41) is 0. The van der Waals surface area contributed by atoms with E-state index >= 15 is 0 Å². The summed E-state index contributed by atoms with van der Waals surface area (Å²) in [5.74, 6) is 0.756. The highest BCUT2D eigenvalue weighted by Crippen LogP contribution is 2.26. The Bertz CT molecular complexity index is 307. The largest absolute Gasteiger partial charge is 0.329 e. The van der Waals surface area contributed by atoms with Gasteiger partial charge < -0.3 is 5.73 Å². The molecule has 1 atom stereocenters. The molecule has 1 rings (SSSR count). The van der Waals surface area contributed by atoms with Crippen molar-refractivity contribution in [3.05, 3.63) is 21.9 Å². The number of rotatable bonds is 6. The normalized spacial score (nSPS) is 13.7. The SMILES string of the molecule is Cc1ccc(C(CN)N(C)CCC(C)C)s1. The Morgan fingerprint density at radius 3 is 2.50 bits per heavy atom. The van der Waals surface area contributed by atoms with E-state index in [0.29, 0.717) is 12.6 Å². The third-order valence-electron chi connectivity index (χ3n) is 2.90. The Kier molecular flexibility index (Phi) is 5.46. The van der Waals surface area contributed by atoms with Crippen LogP contribution >= 0.6 is 11.3 Å².